The molecule has 0 aromatic heterocycles. The van der Waals surface area contributed by atoms with Gasteiger partial charge >= 0.3 is 0 Å². The Bertz CT molecular complexity index is 1370. The smallest absolute Gasteiger partial charge is 0.261 e. The lowest BCUT2D eigenvalue weighted by Crippen LogP contribution is -2.46. The molecule has 33 heavy (non-hydrogen) atoms. The standard InChI is InChI=1S/C24H18F2N2O4S/c25-16-9-10-22(20(26)13-16)33(31,32)28-12-11-15-5-1-2-6-17(15)21(28)14-27-23(29)18-7-3-4-8-19(18)24(27)30/h1-10,13,21H,11-12,14H2. The molecule has 2 amide bonds. The van der Waals surface area contributed by atoms with Crippen molar-refractivity contribution in [2.45, 2.75) is 17.4 Å². The molecule has 6 nitrogen and oxygen atoms in total. The highest BCUT2D eigenvalue weighted by atomic mass is 32.2. The van der Waals surface area contributed by atoms with Crippen LogP contribution in [0.2, 0.25) is 0 Å². The first-order chi connectivity index (χ1) is 15.8. The average Bonchev–Trinajstić information content (AvgIpc) is 3.04. The van der Waals surface area contributed by atoms with Crippen LogP contribution in [0.5, 0.6) is 0 Å². The minimum atomic E-state index is -4.40. The van der Waals surface area contributed by atoms with E-state index in [1.165, 1.54) is 0 Å². The van der Waals surface area contributed by atoms with Gasteiger partial charge in [0.15, 0.2) is 0 Å². The summed E-state index contributed by atoms with van der Waals surface area (Å²) in [5.74, 6) is -3.11. The predicted octanol–water partition coefficient (Wildman–Crippen LogP) is 3.55. The second-order valence-electron chi connectivity index (χ2n) is 7.92. The molecule has 0 saturated heterocycles. The zero-order valence-corrected chi connectivity index (χ0v) is 18.1. The highest BCUT2D eigenvalue weighted by Crippen LogP contribution is 2.37. The summed E-state index contributed by atoms with van der Waals surface area (Å²) in [4.78, 5) is 26.3. The Morgan fingerprint density at radius 1 is 0.879 bits per heavy atom. The number of fused-ring (bicyclic) bond motifs is 2. The first kappa shape index (κ1) is 21.4. The maximum absolute atomic E-state index is 14.5. The molecule has 1 unspecified atom stereocenters. The van der Waals surface area contributed by atoms with E-state index in [1.807, 2.05) is 12.1 Å². The van der Waals surface area contributed by atoms with Crippen LogP contribution in [0.1, 0.15) is 37.9 Å². The molecular weight excluding hydrogens is 450 g/mol. The van der Waals surface area contributed by atoms with Gasteiger partial charge in [-0.05, 0) is 41.8 Å². The number of nitrogens with zero attached hydrogens (tertiary/aromatic N) is 2. The topological polar surface area (TPSA) is 74.8 Å². The lowest BCUT2D eigenvalue weighted by atomic mass is 9.94. The van der Waals surface area contributed by atoms with Crippen LogP contribution in [-0.2, 0) is 16.4 Å². The van der Waals surface area contributed by atoms with E-state index in [0.717, 1.165) is 26.9 Å². The molecule has 0 bridgehead atoms. The van der Waals surface area contributed by atoms with Crippen molar-refractivity contribution in [1.29, 1.82) is 0 Å². The third kappa shape index (κ3) is 3.44. The van der Waals surface area contributed by atoms with Gasteiger partial charge in [-0.25, -0.2) is 17.2 Å². The van der Waals surface area contributed by atoms with Crippen molar-refractivity contribution >= 4 is 21.8 Å². The van der Waals surface area contributed by atoms with Crippen molar-refractivity contribution in [2.75, 3.05) is 13.1 Å². The summed E-state index contributed by atoms with van der Waals surface area (Å²) in [7, 11) is -4.40. The van der Waals surface area contributed by atoms with E-state index in [4.69, 9.17) is 0 Å². The molecule has 2 heterocycles. The fraction of sp³-hybridized carbons (Fsp3) is 0.167. The SMILES string of the molecule is O=C1c2ccccc2C(=O)N1CC1c2ccccc2CCN1S(=O)(=O)c1ccc(F)cc1F. The van der Waals surface area contributed by atoms with Crippen LogP contribution in [0.15, 0.2) is 71.6 Å². The number of carbonyl (C=O) groups is 2. The van der Waals surface area contributed by atoms with Gasteiger partial charge in [0.2, 0.25) is 10.0 Å². The quantitative estimate of drug-likeness (QED) is 0.549. The highest BCUT2D eigenvalue weighted by molar-refractivity contribution is 7.89. The van der Waals surface area contributed by atoms with E-state index < -0.39 is 44.4 Å². The summed E-state index contributed by atoms with van der Waals surface area (Å²) in [6, 6.07) is 14.9. The number of amides is 2. The second kappa shape index (κ2) is 7.86. The summed E-state index contributed by atoms with van der Waals surface area (Å²) >= 11 is 0. The molecule has 0 N–H and O–H groups in total. The molecule has 0 saturated carbocycles. The molecule has 9 heteroatoms. The Kier molecular flexibility index (Phi) is 5.10. The fourth-order valence-electron chi connectivity index (χ4n) is 4.49. The third-order valence-electron chi connectivity index (χ3n) is 6.08. The van der Waals surface area contributed by atoms with E-state index in [2.05, 4.69) is 0 Å². The Labute approximate surface area is 189 Å². The van der Waals surface area contributed by atoms with Crippen LogP contribution in [0.25, 0.3) is 0 Å². The summed E-state index contributed by atoms with van der Waals surface area (Å²) in [6.45, 7) is -0.213. The largest absolute Gasteiger partial charge is 0.272 e. The third-order valence-corrected chi connectivity index (χ3v) is 8.02. The van der Waals surface area contributed by atoms with Crippen LogP contribution < -0.4 is 0 Å². The second-order valence-corrected chi connectivity index (χ2v) is 9.78. The molecule has 0 aliphatic carbocycles. The summed E-state index contributed by atoms with van der Waals surface area (Å²) in [5.41, 5.74) is 2.02. The van der Waals surface area contributed by atoms with Gasteiger partial charge < -0.3 is 0 Å². The molecule has 0 fully saturated rings. The van der Waals surface area contributed by atoms with Gasteiger partial charge in [-0.15, -0.1) is 0 Å². The van der Waals surface area contributed by atoms with E-state index in [9.17, 15) is 26.8 Å². The number of imide groups is 1. The molecular formula is C24H18F2N2O4S. The van der Waals surface area contributed by atoms with Crippen molar-refractivity contribution in [2.24, 2.45) is 0 Å². The van der Waals surface area contributed by atoms with E-state index in [0.29, 0.717) is 18.1 Å². The monoisotopic (exact) mass is 468 g/mol. The van der Waals surface area contributed by atoms with E-state index in [-0.39, 0.29) is 24.2 Å². The Hall–Kier alpha value is -3.43. The molecule has 2 aliphatic rings. The lowest BCUT2D eigenvalue weighted by molar-refractivity contribution is 0.0616. The van der Waals surface area contributed by atoms with Crippen LogP contribution in [-0.4, -0.2) is 42.5 Å². The van der Waals surface area contributed by atoms with Crippen LogP contribution in [0.4, 0.5) is 8.78 Å². The normalized spacial score (nSPS) is 18.4. The molecule has 3 aromatic rings. The van der Waals surface area contributed by atoms with Crippen LogP contribution >= 0.6 is 0 Å². The van der Waals surface area contributed by atoms with Gasteiger partial charge in [0, 0.05) is 12.6 Å². The van der Waals surface area contributed by atoms with Crippen molar-refractivity contribution < 1.29 is 26.8 Å². The number of halogens is 2. The van der Waals surface area contributed by atoms with Crippen LogP contribution in [0.3, 0.4) is 0 Å². The number of hydrogen-bond donors (Lipinski definition) is 0. The molecule has 5 rings (SSSR count). The van der Waals surface area contributed by atoms with Gasteiger partial charge in [0.05, 0.1) is 23.7 Å². The van der Waals surface area contributed by atoms with Gasteiger partial charge in [0.1, 0.15) is 16.5 Å². The van der Waals surface area contributed by atoms with Gasteiger partial charge in [0.25, 0.3) is 11.8 Å². The fourth-order valence-corrected chi connectivity index (χ4v) is 6.14. The van der Waals surface area contributed by atoms with Crippen molar-refractivity contribution in [3.05, 3.63) is 101 Å². The zero-order valence-electron chi connectivity index (χ0n) is 17.2. The number of hydrogen-bond acceptors (Lipinski definition) is 4. The van der Waals surface area contributed by atoms with Gasteiger partial charge in [-0.3, -0.25) is 14.5 Å². The molecule has 0 radical (unpaired) electrons. The lowest BCUT2D eigenvalue weighted by Gasteiger charge is -2.37. The molecule has 2 aliphatic heterocycles. The molecule has 0 spiro atoms. The maximum Gasteiger partial charge on any atom is 0.261 e. The average molecular weight is 468 g/mol. The summed E-state index contributed by atoms with van der Waals surface area (Å²) < 4.78 is 55.9. The van der Waals surface area contributed by atoms with Crippen molar-refractivity contribution in [1.82, 2.24) is 9.21 Å². The Morgan fingerprint density at radius 3 is 2.18 bits per heavy atom. The summed E-state index contributed by atoms with van der Waals surface area (Å²) in [6.07, 6.45) is 0.372. The summed E-state index contributed by atoms with van der Waals surface area (Å²) in [5, 5.41) is 0. The van der Waals surface area contributed by atoms with Crippen LogP contribution in [0, 0.1) is 11.6 Å². The number of carbonyl (C=O) groups excluding carboxylic acids is 2. The van der Waals surface area contributed by atoms with Gasteiger partial charge in [-0.1, -0.05) is 36.4 Å². The predicted molar refractivity (Wildman–Crippen MR) is 115 cm³/mol. The van der Waals surface area contributed by atoms with Gasteiger partial charge in [-0.2, -0.15) is 4.31 Å². The minimum Gasteiger partial charge on any atom is -0.272 e. The van der Waals surface area contributed by atoms with E-state index in [1.54, 1.807) is 36.4 Å². The zero-order chi connectivity index (χ0) is 23.3. The number of sulfonamides is 1. The molecule has 3 aromatic carbocycles. The first-order valence-corrected chi connectivity index (χ1v) is 11.7. The molecule has 168 valence electrons. The van der Waals surface area contributed by atoms with E-state index >= 15 is 0 Å². The number of benzene rings is 3. The van der Waals surface area contributed by atoms with Crippen molar-refractivity contribution in [3.63, 3.8) is 0 Å². The first-order valence-electron chi connectivity index (χ1n) is 10.3. The van der Waals surface area contributed by atoms with Crippen molar-refractivity contribution in [3.8, 4) is 0 Å². The maximum atomic E-state index is 14.5. The Balaban J connectivity index is 1.58. The Morgan fingerprint density at radius 2 is 1.52 bits per heavy atom. The number of rotatable bonds is 4. The minimum absolute atomic E-state index is 0.0179. The highest BCUT2D eigenvalue weighted by Gasteiger charge is 2.43. The molecule has 1 atom stereocenters.